The number of ketones is 1. The van der Waals surface area contributed by atoms with Crippen LogP contribution < -0.4 is 5.32 Å². The van der Waals surface area contributed by atoms with Crippen LogP contribution in [0.25, 0.3) is 0 Å². The van der Waals surface area contributed by atoms with Crippen LogP contribution in [0.15, 0.2) is 0 Å². The number of rotatable bonds is 5. The van der Waals surface area contributed by atoms with Crippen LogP contribution in [0, 0.1) is 5.92 Å². The topological polar surface area (TPSA) is 49.4 Å². The second-order valence-electron chi connectivity index (χ2n) is 6.18. The maximum absolute atomic E-state index is 11.9. The molecule has 0 aromatic rings. The van der Waals surface area contributed by atoms with E-state index in [0.29, 0.717) is 18.2 Å². The summed E-state index contributed by atoms with van der Waals surface area (Å²) in [5.74, 6) is 0.817. The van der Waals surface area contributed by atoms with E-state index in [1.165, 1.54) is 6.42 Å². The van der Waals surface area contributed by atoms with Gasteiger partial charge in [-0.3, -0.25) is 14.5 Å². The lowest BCUT2D eigenvalue weighted by Crippen LogP contribution is -2.40. The van der Waals surface area contributed by atoms with E-state index in [1.54, 1.807) is 0 Å². The monoisotopic (exact) mass is 266 g/mol. The smallest absolute Gasteiger partial charge is 0.221 e. The third kappa shape index (κ3) is 3.78. The number of hydrogen-bond donors (Lipinski definition) is 1. The van der Waals surface area contributed by atoms with E-state index in [4.69, 9.17) is 0 Å². The van der Waals surface area contributed by atoms with Gasteiger partial charge < -0.3 is 5.32 Å². The quantitative estimate of drug-likeness (QED) is 0.824. The van der Waals surface area contributed by atoms with Crippen LogP contribution in [0.5, 0.6) is 0 Å². The molecule has 1 saturated carbocycles. The standard InChI is InChI=1S/C15H26N2O2/c1-11(2)16-15(19)8-10-17-9-4-6-13(17)12-5-3-7-14(12)18/h11-13H,3-10H2,1-2H3,(H,16,19). The molecule has 0 spiro atoms. The maximum atomic E-state index is 11.9. The van der Waals surface area contributed by atoms with Gasteiger partial charge in [-0.05, 0) is 46.1 Å². The Kier molecular flexibility index (Phi) is 4.97. The summed E-state index contributed by atoms with van der Waals surface area (Å²) in [5, 5.41) is 2.93. The zero-order chi connectivity index (χ0) is 13.8. The summed E-state index contributed by atoms with van der Waals surface area (Å²) >= 11 is 0. The number of carbonyl (C=O) groups is 2. The summed E-state index contributed by atoms with van der Waals surface area (Å²) in [6.45, 7) is 5.80. The third-order valence-electron chi connectivity index (χ3n) is 4.31. The van der Waals surface area contributed by atoms with Crippen molar-refractivity contribution in [1.29, 1.82) is 0 Å². The van der Waals surface area contributed by atoms with Gasteiger partial charge in [0.25, 0.3) is 0 Å². The molecular weight excluding hydrogens is 240 g/mol. The van der Waals surface area contributed by atoms with Crippen molar-refractivity contribution in [3.05, 3.63) is 0 Å². The van der Waals surface area contributed by atoms with Crippen molar-refractivity contribution in [2.45, 2.75) is 64.5 Å². The molecule has 1 aliphatic carbocycles. The molecule has 0 radical (unpaired) electrons. The molecule has 2 atom stereocenters. The first-order valence-corrected chi connectivity index (χ1v) is 7.64. The first kappa shape index (κ1) is 14.5. The zero-order valence-electron chi connectivity index (χ0n) is 12.2. The van der Waals surface area contributed by atoms with Crippen LogP contribution in [0.2, 0.25) is 0 Å². The van der Waals surface area contributed by atoms with Crippen LogP contribution in [0.1, 0.15) is 52.4 Å². The molecular formula is C15H26N2O2. The Bertz CT molecular complexity index is 341. The fourth-order valence-electron chi connectivity index (χ4n) is 3.47. The number of carbonyl (C=O) groups excluding carboxylic acids is 2. The van der Waals surface area contributed by atoms with E-state index >= 15 is 0 Å². The Morgan fingerprint density at radius 3 is 2.79 bits per heavy atom. The summed E-state index contributed by atoms with van der Waals surface area (Å²) in [7, 11) is 0. The highest BCUT2D eigenvalue weighted by Crippen LogP contribution is 2.33. The molecule has 1 heterocycles. The van der Waals surface area contributed by atoms with Crippen LogP contribution in [0.3, 0.4) is 0 Å². The highest BCUT2D eigenvalue weighted by Gasteiger charge is 2.37. The zero-order valence-corrected chi connectivity index (χ0v) is 12.2. The fraction of sp³-hybridized carbons (Fsp3) is 0.867. The highest BCUT2D eigenvalue weighted by atomic mass is 16.1. The number of amides is 1. The Morgan fingerprint density at radius 2 is 2.16 bits per heavy atom. The maximum Gasteiger partial charge on any atom is 0.221 e. The molecule has 1 aliphatic heterocycles. The number of nitrogens with one attached hydrogen (secondary N) is 1. The molecule has 1 N–H and O–H groups in total. The van der Waals surface area contributed by atoms with Crippen LogP contribution in [-0.4, -0.2) is 41.8 Å². The van der Waals surface area contributed by atoms with E-state index < -0.39 is 0 Å². The Balaban J connectivity index is 1.82. The highest BCUT2D eigenvalue weighted by molar-refractivity contribution is 5.83. The minimum absolute atomic E-state index is 0.124. The van der Waals surface area contributed by atoms with E-state index in [2.05, 4.69) is 10.2 Å². The lowest BCUT2D eigenvalue weighted by molar-refractivity contribution is -0.122. The van der Waals surface area contributed by atoms with E-state index in [0.717, 1.165) is 38.8 Å². The molecule has 19 heavy (non-hydrogen) atoms. The molecule has 2 aliphatic rings. The van der Waals surface area contributed by atoms with Gasteiger partial charge in [0.15, 0.2) is 0 Å². The average molecular weight is 266 g/mol. The molecule has 0 aromatic heterocycles. The molecule has 4 nitrogen and oxygen atoms in total. The van der Waals surface area contributed by atoms with E-state index in [1.807, 2.05) is 13.8 Å². The average Bonchev–Trinajstić information content (AvgIpc) is 2.93. The van der Waals surface area contributed by atoms with Gasteiger partial charge in [-0.2, -0.15) is 0 Å². The number of hydrogen-bond acceptors (Lipinski definition) is 3. The molecule has 2 fully saturated rings. The Morgan fingerprint density at radius 1 is 1.37 bits per heavy atom. The minimum Gasteiger partial charge on any atom is -0.354 e. The summed E-state index contributed by atoms with van der Waals surface area (Å²) < 4.78 is 0. The largest absolute Gasteiger partial charge is 0.354 e. The fourth-order valence-corrected chi connectivity index (χ4v) is 3.47. The van der Waals surface area contributed by atoms with Gasteiger partial charge in [0.05, 0.1) is 0 Å². The van der Waals surface area contributed by atoms with Crippen molar-refractivity contribution in [3.63, 3.8) is 0 Å². The molecule has 0 aromatic carbocycles. The van der Waals surface area contributed by atoms with Gasteiger partial charge in [0.1, 0.15) is 5.78 Å². The normalized spacial score (nSPS) is 28.3. The molecule has 4 heteroatoms. The van der Waals surface area contributed by atoms with E-state index in [-0.39, 0.29) is 17.9 Å². The summed E-state index contributed by atoms with van der Waals surface area (Å²) in [4.78, 5) is 26.0. The van der Waals surface area contributed by atoms with Crippen molar-refractivity contribution in [1.82, 2.24) is 10.2 Å². The van der Waals surface area contributed by atoms with Crippen molar-refractivity contribution in [3.8, 4) is 0 Å². The predicted molar refractivity (Wildman–Crippen MR) is 74.8 cm³/mol. The summed E-state index contributed by atoms with van der Waals surface area (Å²) in [6, 6.07) is 0.611. The number of Topliss-reactive ketones (excluding diaryl/α,β-unsaturated/α-hetero) is 1. The van der Waals surface area contributed by atoms with Crippen LogP contribution >= 0.6 is 0 Å². The molecule has 108 valence electrons. The van der Waals surface area contributed by atoms with Crippen molar-refractivity contribution in [2.24, 2.45) is 5.92 Å². The van der Waals surface area contributed by atoms with Crippen molar-refractivity contribution in [2.75, 3.05) is 13.1 Å². The predicted octanol–water partition coefficient (Wildman–Crippen LogP) is 1.73. The lowest BCUT2D eigenvalue weighted by Gasteiger charge is -2.28. The van der Waals surface area contributed by atoms with Crippen LogP contribution in [0.4, 0.5) is 0 Å². The first-order chi connectivity index (χ1) is 9.08. The third-order valence-corrected chi connectivity index (χ3v) is 4.31. The van der Waals surface area contributed by atoms with Gasteiger partial charge in [0, 0.05) is 37.4 Å². The lowest BCUT2D eigenvalue weighted by atomic mass is 9.95. The summed E-state index contributed by atoms with van der Waals surface area (Å²) in [5.41, 5.74) is 0. The van der Waals surface area contributed by atoms with Gasteiger partial charge in [-0.25, -0.2) is 0 Å². The van der Waals surface area contributed by atoms with Crippen molar-refractivity contribution >= 4 is 11.7 Å². The van der Waals surface area contributed by atoms with Crippen molar-refractivity contribution < 1.29 is 9.59 Å². The van der Waals surface area contributed by atoms with Gasteiger partial charge in [-0.15, -0.1) is 0 Å². The second-order valence-corrected chi connectivity index (χ2v) is 6.18. The minimum atomic E-state index is 0.124. The van der Waals surface area contributed by atoms with Crippen LogP contribution in [-0.2, 0) is 9.59 Å². The summed E-state index contributed by atoms with van der Waals surface area (Å²) in [6.07, 6.45) is 5.72. The first-order valence-electron chi connectivity index (χ1n) is 7.64. The van der Waals surface area contributed by atoms with Gasteiger partial charge >= 0.3 is 0 Å². The molecule has 2 rings (SSSR count). The SMILES string of the molecule is CC(C)NC(=O)CCN1CCCC1C1CCCC1=O. The number of nitrogens with zero attached hydrogens (tertiary/aromatic N) is 1. The molecule has 1 saturated heterocycles. The molecule has 1 amide bonds. The van der Waals surface area contributed by atoms with Gasteiger partial charge in [0.2, 0.25) is 5.91 Å². The number of likely N-dealkylation sites (tertiary alicyclic amines) is 1. The van der Waals surface area contributed by atoms with E-state index in [9.17, 15) is 9.59 Å². The Labute approximate surface area is 115 Å². The van der Waals surface area contributed by atoms with Gasteiger partial charge in [-0.1, -0.05) is 0 Å². The Hall–Kier alpha value is -0.900. The second kappa shape index (κ2) is 6.51. The molecule has 0 bridgehead atoms. The molecule has 2 unspecified atom stereocenters.